The molecule has 0 fully saturated rings. The van der Waals surface area contributed by atoms with Crippen molar-refractivity contribution in [3.05, 3.63) is 53.7 Å². The molecule has 3 heteroatoms. The summed E-state index contributed by atoms with van der Waals surface area (Å²) < 4.78 is 0. The first kappa shape index (κ1) is 12.2. The molecule has 19 heavy (non-hydrogen) atoms. The number of fused-ring (bicyclic) bond motifs is 1. The molecule has 1 aliphatic heterocycles. The molecule has 1 aliphatic rings. The van der Waals surface area contributed by atoms with Gasteiger partial charge in [-0.2, -0.15) is 0 Å². The third-order valence-corrected chi connectivity index (χ3v) is 3.63. The summed E-state index contributed by atoms with van der Waals surface area (Å²) in [6.07, 6.45) is 3.52. The third-order valence-electron chi connectivity index (χ3n) is 3.63. The van der Waals surface area contributed by atoms with Crippen molar-refractivity contribution in [1.29, 1.82) is 0 Å². The minimum atomic E-state index is -0.502. The van der Waals surface area contributed by atoms with E-state index in [2.05, 4.69) is 34.1 Å². The van der Waals surface area contributed by atoms with Crippen molar-refractivity contribution >= 4 is 11.5 Å². The van der Waals surface area contributed by atoms with Gasteiger partial charge >= 0.3 is 0 Å². The highest BCUT2D eigenvalue weighted by Crippen LogP contribution is 2.35. The molecular formula is C16H18N2O. The van der Waals surface area contributed by atoms with Crippen LogP contribution >= 0.6 is 0 Å². The van der Waals surface area contributed by atoms with E-state index in [1.54, 1.807) is 13.1 Å². The molecule has 0 spiro atoms. The molecule has 1 unspecified atom stereocenters. The second-order valence-corrected chi connectivity index (χ2v) is 4.98. The Labute approximate surface area is 113 Å². The van der Waals surface area contributed by atoms with Gasteiger partial charge in [0.1, 0.15) is 5.82 Å². The molecule has 3 rings (SSSR count). The van der Waals surface area contributed by atoms with Crippen LogP contribution in [0.4, 0.5) is 11.5 Å². The molecule has 1 atom stereocenters. The Hall–Kier alpha value is -1.87. The summed E-state index contributed by atoms with van der Waals surface area (Å²) in [5.74, 6) is 0.879. The highest BCUT2D eigenvalue weighted by Gasteiger charge is 2.22. The van der Waals surface area contributed by atoms with Crippen molar-refractivity contribution in [2.24, 2.45) is 0 Å². The summed E-state index contributed by atoms with van der Waals surface area (Å²) in [4.78, 5) is 6.71. The zero-order valence-electron chi connectivity index (χ0n) is 11.1. The van der Waals surface area contributed by atoms with E-state index < -0.39 is 6.10 Å². The Morgan fingerprint density at radius 1 is 1.21 bits per heavy atom. The molecule has 1 aromatic carbocycles. The number of hydrogen-bond donors (Lipinski definition) is 1. The molecule has 0 bridgehead atoms. The standard InChI is InChI=1S/C16H18N2O/c1-12(19)14-8-4-10-17-16(14)18-11-5-7-13-6-2-3-9-15(13)18/h2-4,6,8-10,12,19H,5,7,11H2,1H3. The summed E-state index contributed by atoms with van der Waals surface area (Å²) in [6, 6.07) is 12.3. The van der Waals surface area contributed by atoms with Crippen molar-refractivity contribution in [2.45, 2.75) is 25.9 Å². The van der Waals surface area contributed by atoms with Crippen molar-refractivity contribution in [3.8, 4) is 0 Å². The van der Waals surface area contributed by atoms with Crippen molar-refractivity contribution in [3.63, 3.8) is 0 Å². The lowest BCUT2D eigenvalue weighted by molar-refractivity contribution is 0.199. The number of pyridine rings is 1. The minimum Gasteiger partial charge on any atom is -0.389 e. The van der Waals surface area contributed by atoms with Gasteiger partial charge in [0.15, 0.2) is 0 Å². The molecule has 3 nitrogen and oxygen atoms in total. The fraction of sp³-hybridized carbons (Fsp3) is 0.312. The van der Waals surface area contributed by atoms with Gasteiger partial charge in [0.05, 0.1) is 6.10 Å². The maximum Gasteiger partial charge on any atom is 0.138 e. The van der Waals surface area contributed by atoms with E-state index in [1.165, 1.54) is 11.3 Å². The molecule has 1 N–H and O–H groups in total. The number of nitrogens with zero attached hydrogens (tertiary/aromatic N) is 2. The number of aromatic nitrogens is 1. The van der Waals surface area contributed by atoms with E-state index in [1.807, 2.05) is 12.1 Å². The van der Waals surface area contributed by atoms with Crippen LogP contribution in [0.5, 0.6) is 0 Å². The van der Waals surface area contributed by atoms with Crippen molar-refractivity contribution in [2.75, 3.05) is 11.4 Å². The maximum absolute atomic E-state index is 9.92. The first-order valence-electron chi connectivity index (χ1n) is 6.76. The Balaban J connectivity index is 2.09. The Morgan fingerprint density at radius 3 is 2.89 bits per heavy atom. The van der Waals surface area contributed by atoms with Crippen molar-refractivity contribution in [1.82, 2.24) is 4.98 Å². The monoisotopic (exact) mass is 254 g/mol. The lowest BCUT2D eigenvalue weighted by Gasteiger charge is -2.32. The van der Waals surface area contributed by atoms with Crippen molar-refractivity contribution < 1.29 is 5.11 Å². The number of benzene rings is 1. The zero-order valence-corrected chi connectivity index (χ0v) is 11.1. The van der Waals surface area contributed by atoms with Gasteiger partial charge in [-0.15, -0.1) is 0 Å². The molecule has 0 amide bonds. The quantitative estimate of drug-likeness (QED) is 0.894. The second kappa shape index (κ2) is 5.02. The van der Waals surface area contributed by atoms with Gasteiger partial charge in [0, 0.05) is 24.0 Å². The lowest BCUT2D eigenvalue weighted by Crippen LogP contribution is -2.26. The van der Waals surface area contributed by atoms with Gasteiger partial charge in [-0.05, 0) is 37.5 Å². The summed E-state index contributed by atoms with van der Waals surface area (Å²) in [5.41, 5.74) is 3.46. The highest BCUT2D eigenvalue weighted by molar-refractivity contribution is 5.67. The Morgan fingerprint density at radius 2 is 2.05 bits per heavy atom. The second-order valence-electron chi connectivity index (χ2n) is 4.98. The number of aliphatic hydroxyl groups is 1. The topological polar surface area (TPSA) is 36.4 Å². The van der Waals surface area contributed by atoms with Gasteiger partial charge < -0.3 is 10.0 Å². The normalized spacial score (nSPS) is 16.0. The number of aliphatic hydroxyl groups excluding tert-OH is 1. The van der Waals surface area contributed by atoms with Gasteiger partial charge in [-0.1, -0.05) is 24.3 Å². The summed E-state index contributed by atoms with van der Waals surface area (Å²) in [7, 11) is 0. The van der Waals surface area contributed by atoms with Crippen LogP contribution in [0.1, 0.15) is 30.6 Å². The largest absolute Gasteiger partial charge is 0.389 e. The first-order chi connectivity index (χ1) is 9.27. The Bertz CT molecular complexity index is 580. The smallest absolute Gasteiger partial charge is 0.138 e. The number of hydrogen-bond acceptors (Lipinski definition) is 3. The number of anilines is 2. The van der Waals surface area contributed by atoms with Crippen LogP contribution in [0.3, 0.4) is 0 Å². The number of para-hydroxylation sites is 1. The van der Waals surface area contributed by atoms with Gasteiger partial charge in [0.2, 0.25) is 0 Å². The van der Waals surface area contributed by atoms with Crippen LogP contribution in [-0.2, 0) is 6.42 Å². The maximum atomic E-state index is 9.92. The first-order valence-corrected chi connectivity index (χ1v) is 6.76. The van der Waals surface area contributed by atoms with Gasteiger partial charge in [0.25, 0.3) is 0 Å². The molecule has 0 aliphatic carbocycles. The molecule has 1 aromatic heterocycles. The minimum absolute atomic E-state index is 0.502. The predicted octanol–water partition coefficient (Wildman–Crippen LogP) is 3.22. The summed E-state index contributed by atoms with van der Waals surface area (Å²) >= 11 is 0. The number of aryl methyl sites for hydroxylation is 1. The predicted molar refractivity (Wildman–Crippen MR) is 76.6 cm³/mol. The fourth-order valence-electron chi connectivity index (χ4n) is 2.71. The molecule has 0 radical (unpaired) electrons. The van der Waals surface area contributed by atoms with E-state index in [-0.39, 0.29) is 0 Å². The zero-order chi connectivity index (χ0) is 13.2. The van der Waals surface area contributed by atoms with Crippen LogP contribution in [0, 0.1) is 0 Å². The van der Waals surface area contributed by atoms with Gasteiger partial charge in [-0.25, -0.2) is 4.98 Å². The highest BCUT2D eigenvalue weighted by atomic mass is 16.3. The average Bonchev–Trinajstić information content (AvgIpc) is 2.46. The lowest BCUT2D eigenvalue weighted by atomic mass is 10.0. The summed E-state index contributed by atoms with van der Waals surface area (Å²) in [6.45, 7) is 2.74. The molecule has 0 saturated heterocycles. The third kappa shape index (κ3) is 2.22. The average molecular weight is 254 g/mol. The summed E-state index contributed by atoms with van der Waals surface area (Å²) in [5, 5.41) is 9.92. The van der Waals surface area contributed by atoms with E-state index in [0.717, 1.165) is 30.8 Å². The van der Waals surface area contributed by atoms with Crippen LogP contribution in [0.25, 0.3) is 0 Å². The Kier molecular flexibility index (Phi) is 3.22. The molecule has 2 heterocycles. The van der Waals surface area contributed by atoms with Crippen LogP contribution in [-0.4, -0.2) is 16.6 Å². The molecular weight excluding hydrogens is 236 g/mol. The van der Waals surface area contributed by atoms with Crippen LogP contribution < -0.4 is 4.90 Å². The van der Waals surface area contributed by atoms with E-state index in [9.17, 15) is 5.11 Å². The van der Waals surface area contributed by atoms with Crippen LogP contribution in [0.15, 0.2) is 42.6 Å². The van der Waals surface area contributed by atoms with Crippen LogP contribution in [0.2, 0.25) is 0 Å². The SMILES string of the molecule is CC(O)c1cccnc1N1CCCc2ccccc21. The molecule has 98 valence electrons. The van der Waals surface area contributed by atoms with E-state index in [0.29, 0.717) is 0 Å². The molecule has 0 saturated carbocycles. The fourth-order valence-corrected chi connectivity index (χ4v) is 2.71. The molecule has 2 aromatic rings. The van der Waals surface area contributed by atoms with E-state index >= 15 is 0 Å². The van der Waals surface area contributed by atoms with Gasteiger partial charge in [-0.3, -0.25) is 0 Å². The van der Waals surface area contributed by atoms with E-state index in [4.69, 9.17) is 0 Å². The number of rotatable bonds is 2.